The van der Waals surface area contributed by atoms with Crippen LogP contribution in [0.2, 0.25) is 0 Å². The van der Waals surface area contributed by atoms with E-state index in [-0.39, 0.29) is 30.4 Å². The minimum Gasteiger partial charge on any atom is -0.336 e. The van der Waals surface area contributed by atoms with Gasteiger partial charge in [-0.2, -0.15) is 5.10 Å². The van der Waals surface area contributed by atoms with Gasteiger partial charge in [-0.1, -0.05) is 6.07 Å². The minimum absolute atomic E-state index is 0.0101. The fourth-order valence-corrected chi connectivity index (χ4v) is 3.44. The quantitative estimate of drug-likeness (QED) is 0.693. The lowest BCUT2D eigenvalue weighted by Crippen LogP contribution is -2.51. The molecule has 3 heterocycles. The van der Waals surface area contributed by atoms with Crippen molar-refractivity contribution in [3.63, 3.8) is 0 Å². The highest BCUT2D eigenvalue weighted by molar-refractivity contribution is 6.13. The average Bonchev–Trinajstić information content (AvgIpc) is 3.07. The van der Waals surface area contributed by atoms with Gasteiger partial charge in [-0.25, -0.2) is 18.2 Å². The van der Waals surface area contributed by atoms with Gasteiger partial charge in [-0.05, 0) is 30.3 Å². The monoisotopic (exact) mass is 397 g/mol. The number of aromatic nitrogens is 2. The van der Waals surface area contributed by atoms with Crippen molar-refractivity contribution in [2.75, 3.05) is 18.4 Å². The van der Waals surface area contributed by atoms with Crippen LogP contribution < -0.4 is 5.32 Å². The van der Waals surface area contributed by atoms with Gasteiger partial charge in [0, 0.05) is 11.1 Å². The molecule has 1 amide bonds. The second kappa shape index (κ2) is 6.47. The molecule has 5 rings (SSSR count). The molecule has 1 aromatic heterocycles. The summed E-state index contributed by atoms with van der Waals surface area (Å²) in [4.78, 5) is 18.4. The molecule has 0 bridgehead atoms. The van der Waals surface area contributed by atoms with Crippen LogP contribution in [0, 0.1) is 11.6 Å². The third-order valence-electron chi connectivity index (χ3n) is 4.96. The van der Waals surface area contributed by atoms with Crippen molar-refractivity contribution >= 4 is 23.1 Å². The van der Waals surface area contributed by atoms with Crippen molar-refractivity contribution in [3.05, 3.63) is 65.4 Å². The van der Waals surface area contributed by atoms with Gasteiger partial charge in [-0.3, -0.25) is 9.89 Å². The molecule has 1 saturated heterocycles. The van der Waals surface area contributed by atoms with Crippen LogP contribution in [0.1, 0.15) is 15.9 Å². The zero-order valence-electron chi connectivity index (χ0n) is 14.9. The van der Waals surface area contributed by atoms with E-state index in [1.54, 1.807) is 18.2 Å². The number of H-pyrrole nitrogens is 1. The Balaban J connectivity index is 1.63. The Morgan fingerprint density at radius 1 is 1.14 bits per heavy atom. The van der Waals surface area contributed by atoms with E-state index in [4.69, 9.17) is 0 Å². The number of fused-ring (bicyclic) bond motifs is 3. The Bertz CT molecular complexity index is 1150. The maximum atomic E-state index is 14.3. The standard InChI is InChI=1S/C20H14F3N5O/c21-11-8-28(9-11)20(29)10-4-5-15-12(6-10)18-16(7-24-27-18)26-19(25-15)17-13(22)2-1-3-14(17)23/h1-7,11H,8-9H2,(H,24,27)(H,25,26). The van der Waals surface area contributed by atoms with Crippen LogP contribution in [-0.2, 0) is 0 Å². The van der Waals surface area contributed by atoms with Gasteiger partial charge in [0.15, 0.2) is 0 Å². The molecule has 3 aromatic rings. The van der Waals surface area contributed by atoms with Crippen LogP contribution in [0.4, 0.5) is 24.5 Å². The summed E-state index contributed by atoms with van der Waals surface area (Å²) in [6, 6.07) is 8.35. The van der Waals surface area contributed by atoms with Crippen LogP contribution in [0.5, 0.6) is 0 Å². The molecule has 29 heavy (non-hydrogen) atoms. The molecule has 2 N–H and O–H groups in total. The third kappa shape index (κ3) is 2.86. The molecule has 0 saturated carbocycles. The molecule has 0 atom stereocenters. The van der Waals surface area contributed by atoms with E-state index in [0.29, 0.717) is 28.2 Å². The van der Waals surface area contributed by atoms with Gasteiger partial charge in [-0.15, -0.1) is 0 Å². The number of nitrogens with zero attached hydrogens (tertiary/aromatic N) is 3. The molecule has 9 heteroatoms. The summed E-state index contributed by atoms with van der Waals surface area (Å²) >= 11 is 0. The first kappa shape index (κ1) is 17.5. The summed E-state index contributed by atoms with van der Waals surface area (Å²) in [5, 5.41) is 9.73. The SMILES string of the molecule is O=C(c1ccc2c(c1)-c1[nH]ncc1NC(c1c(F)cccc1F)=N2)N1CC(F)C1. The lowest BCUT2D eigenvalue weighted by molar-refractivity contribution is 0.0400. The second-order valence-corrected chi connectivity index (χ2v) is 6.88. The number of alkyl halides is 1. The number of hydrogen-bond acceptors (Lipinski definition) is 4. The zero-order chi connectivity index (χ0) is 20.1. The summed E-state index contributed by atoms with van der Waals surface area (Å²) in [5.74, 6) is -1.81. The summed E-state index contributed by atoms with van der Waals surface area (Å²) in [7, 11) is 0. The molecule has 1 fully saturated rings. The van der Waals surface area contributed by atoms with Gasteiger partial charge < -0.3 is 10.2 Å². The van der Waals surface area contributed by atoms with Crippen LogP contribution in [-0.4, -0.2) is 46.1 Å². The topological polar surface area (TPSA) is 73.4 Å². The van der Waals surface area contributed by atoms with E-state index in [0.717, 1.165) is 12.1 Å². The van der Waals surface area contributed by atoms with Crippen molar-refractivity contribution in [1.82, 2.24) is 15.1 Å². The number of aliphatic imine (C=N–C) groups is 1. The van der Waals surface area contributed by atoms with E-state index in [1.807, 2.05) is 0 Å². The van der Waals surface area contributed by atoms with Crippen molar-refractivity contribution in [2.24, 2.45) is 4.99 Å². The van der Waals surface area contributed by atoms with Crippen LogP contribution in [0.3, 0.4) is 0 Å². The average molecular weight is 397 g/mol. The van der Waals surface area contributed by atoms with Crippen LogP contribution in [0.25, 0.3) is 11.3 Å². The number of amidine groups is 1. The molecule has 0 radical (unpaired) electrons. The van der Waals surface area contributed by atoms with Crippen molar-refractivity contribution in [3.8, 4) is 11.3 Å². The van der Waals surface area contributed by atoms with Crippen molar-refractivity contribution in [2.45, 2.75) is 6.17 Å². The van der Waals surface area contributed by atoms with Gasteiger partial charge in [0.1, 0.15) is 23.6 Å². The van der Waals surface area contributed by atoms with Crippen molar-refractivity contribution in [1.29, 1.82) is 0 Å². The van der Waals surface area contributed by atoms with Crippen LogP contribution in [0.15, 0.2) is 47.6 Å². The number of anilines is 1. The highest BCUT2D eigenvalue weighted by atomic mass is 19.1. The predicted octanol–water partition coefficient (Wildman–Crippen LogP) is 3.65. The molecule has 146 valence electrons. The number of benzene rings is 2. The number of amides is 1. The summed E-state index contributed by atoms with van der Waals surface area (Å²) in [5.41, 5.74) is 2.01. The zero-order valence-corrected chi connectivity index (χ0v) is 14.9. The smallest absolute Gasteiger partial charge is 0.254 e. The van der Waals surface area contributed by atoms with Gasteiger partial charge >= 0.3 is 0 Å². The van der Waals surface area contributed by atoms with Gasteiger partial charge in [0.2, 0.25) is 0 Å². The van der Waals surface area contributed by atoms with E-state index in [1.165, 1.54) is 17.2 Å². The van der Waals surface area contributed by atoms with E-state index in [9.17, 15) is 18.0 Å². The first-order valence-electron chi connectivity index (χ1n) is 8.92. The number of aromatic amines is 1. The first-order chi connectivity index (χ1) is 14.0. The third-order valence-corrected chi connectivity index (χ3v) is 4.96. The number of nitrogens with one attached hydrogen (secondary N) is 2. The maximum Gasteiger partial charge on any atom is 0.254 e. The first-order valence-corrected chi connectivity index (χ1v) is 8.92. The highest BCUT2D eigenvalue weighted by Crippen LogP contribution is 2.38. The van der Waals surface area contributed by atoms with E-state index < -0.39 is 17.8 Å². The fraction of sp³-hybridized carbons (Fsp3) is 0.150. The number of halogens is 3. The summed E-state index contributed by atoms with van der Waals surface area (Å²) in [6.45, 7) is 0.142. The van der Waals surface area contributed by atoms with Gasteiger partial charge in [0.05, 0.1) is 41.9 Å². The predicted molar refractivity (Wildman–Crippen MR) is 101 cm³/mol. The van der Waals surface area contributed by atoms with Crippen LogP contribution >= 0.6 is 0 Å². The Morgan fingerprint density at radius 3 is 2.62 bits per heavy atom. The molecular formula is C20H14F3N5O. The van der Waals surface area contributed by atoms with E-state index >= 15 is 0 Å². The molecular weight excluding hydrogens is 383 g/mol. The number of likely N-dealkylation sites (tertiary alicyclic amines) is 1. The molecule has 0 aliphatic carbocycles. The lowest BCUT2D eigenvalue weighted by atomic mass is 10.0. The Hall–Kier alpha value is -3.62. The highest BCUT2D eigenvalue weighted by Gasteiger charge is 2.31. The Labute approximate surface area is 163 Å². The maximum absolute atomic E-state index is 14.3. The Morgan fingerprint density at radius 2 is 1.90 bits per heavy atom. The second-order valence-electron chi connectivity index (χ2n) is 6.88. The minimum atomic E-state index is -0.994. The number of rotatable bonds is 2. The van der Waals surface area contributed by atoms with Gasteiger partial charge in [0.25, 0.3) is 5.91 Å². The Kier molecular flexibility index (Phi) is 3.90. The lowest BCUT2D eigenvalue weighted by Gasteiger charge is -2.34. The molecule has 2 aliphatic rings. The number of carbonyl (C=O) groups is 1. The summed E-state index contributed by atoms with van der Waals surface area (Å²) in [6.07, 6.45) is 0.474. The summed E-state index contributed by atoms with van der Waals surface area (Å²) < 4.78 is 41.7. The molecule has 0 unspecified atom stereocenters. The van der Waals surface area contributed by atoms with E-state index in [2.05, 4.69) is 20.5 Å². The largest absolute Gasteiger partial charge is 0.336 e. The number of hydrogen-bond donors (Lipinski definition) is 2. The fourth-order valence-electron chi connectivity index (χ4n) is 3.44. The molecule has 6 nitrogen and oxygen atoms in total. The normalized spacial score (nSPS) is 15.6. The molecule has 2 aromatic carbocycles. The molecule has 0 spiro atoms. The number of carbonyl (C=O) groups excluding carboxylic acids is 1. The molecule has 2 aliphatic heterocycles. The van der Waals surface area contributed by atoms with Crippen molar-refractivity contribution < 1.29 is 18.0 Å².